The Morgan fingerprint density at radius 2 is 0.679 bits per heavy atom. The number of carbonyl (C=O) groups excluding carboxylic acids is 14. The molecule has 0 heterocycles. The molecule has 0 bridgehead atoms. The summed E-state index contributed by atoms with van der Waals surface area (Å²) in [6.07, 6.45) is -1.67. The van der Waals surface area contributed by atoms with E-state index in [0.29, 0.717) is 67.9 Å². The number of alkyl carbamates (subject to hydrolysis) is 4. The van der Waals surface area contributed by atoms with E-state index in [9.17, 15) is 77.2 Å². The summed E-state index contributed by atoms with van der Waals surface area (Å²) in [5.41, 5.74) is 38.3. The number of nitrogens with one attached hydrogen (secondary N) is 10. The number of nitro groups is 1. The van der Waals surface area contributed by atoms with Gasteiger partial charge in [0.05, 0.1) is 23.0 Å². The second-order valence-electron chi connectivity index (χ2n) is 34.1. The second kappa shape index (κ2) is 58.3. The Bertz CT molecular complexity index is 5380. The van der Waals surface area contributed by atoms with Gasteiger partial charge in [0, 0.05) is 111 Å². The van der Waals surface area contributed by atoms with Crippen molar-refractivity contribution in [3.8, 4) is 28.0 Å². The summed E-state index contributed by atoms with van der Waals surface area (Å²) in [6.45, 7) is 19.0. The van der Waals surface area contributed by atoms with Gasteiger partial charge in [0.2, 0.25) is 17.7 Å². The van der Waals surface area contributed by atoms with Crippen molar-refractivity contribution >= 4 is 106 Å². The fourth-order valence-electron chi connectivity index (χ4n) is 15.3. The predicted octanol–water partition coefficient (Wildman–Crippen LogP) is 14.1. The lowest BCUT2D eigenvalue weighted by atomic mass is 9.89. The number of benzene rings is 8. The van der Waals surface area contributed by atoms with Crippen LogP contribution in [0.2, 0.25) is 0 Å². The van der Waals surface area contributed by atoms with Crippen molar-refractivity contribution in [2.45, 2.75) is 170 Å². The Morgan fingerprint density at radius 1 is 0.379 bits per heavy atom. The van der Waals surface area contributed by atoms with E-state index in [0.717, 1.165) is 62.2 Å². The van der Waals surface area contributed by atoms with Crippen molar-refractivity contribution in [2.24, 2.45) is 64.2 Å². The average Bonchev–Trinajstić information content (AvgIpc) is 1.62. The molecule has 0 aromatic heterocycles. The number of anilines is 3. The molecule has 140 heavy (non-hydrogen) atoms. The number of nitro benzene ring substituents is 1. The van der Waals surface area contributed by atoms with Gasteiger partial charge in [-0.25, -0.2) is 38.4 Å². The molecule has 38 heteroatoms. The molecule has 0 radical (unpaired) electrons. The first-order valence-corrected chi connectivity index (χ1v) is 46.5. The summed E-state index contributed by atoms with van der Waals surface area (Å²) >= 11 is 0. The van der Waals surface area contributed by atoms with Crippen LogP contribution in [0.4, 0.5) is 61.1 Å². The number of hydrogen-bond donors (Lipinski definition) is 15. The first-order chi connectivity index (χ1) is 67.0. The highest BCUT2D eigenvalue weighted by molar-refractivity contribution is 5.99. The zero-order valence-electron chi connectivity index (χ0n) is 80.3. The largest absolute Gasteiger partial charge is 0.514 e. The highest BCUT2D eigenvalue weighted by Crippen LogP contribution is 2.46. The van der Waals surface area contributed by atoms with E-state index in [4.69, 9.17) is 57.1 Å². The van der Waals surface area contributed by atoms with Crippen LogP contribution in [-0.4, -0.2) is 159 Å². The van der Waals surface area contributed by atoms with Crippen LogP contribution in [-0.2, 0) is 72.3 Å². The van der Waals surface area contributed by atoms with Gasteiger partial charge in [-0.15, -0.1) is 0 Å². The van der Waals surface area contributed by atoms with E-state index in [1.54, 1.807) is 100 Å². The minimum atomic E-state index is -1.01. The van der Waals surface area contributed by atoms with Crippen LogP contribution in [0.25, 0.3) is 22.3 Å². The van der Waals surface area contributed by atoms with E-state index in [2.05, 4.69) is 65.3 Å². The molecule has 10 rings (SSSR count). The molecule has 2 aliphatic carbocycles. The van der Waals surface area contributed by atoms with Crippen LogP contribution in [0.1, 0.15) is 171 Å². The molecule has 0 unspecified atom stereocenters. The van der Waals surface area contributed by atoms with E-state index in [1.165, 1.54) is 24.3 Å². The molecule has 0 aliphatic heterocycles. The number of urea groups is 3. The number of fused-ring (bicyclic) bond motifs is 6. The Labute approximate surface area is 813 Å². The van der Waals surface area contributed by atoms with Gasteiger partial charge < -0.3 is 110 Å². The fourth-order valence-corrected chi connectivity index (χ4v) is 15.3. The number of hydrogen-bond acceptors (Lipinski definition) is 24. The maximum Gasteiger partial charge on any atom is 0.514 e. The topological polar surface area (TPSA) is 588 Å². The third-order valence-corrected chi connectivity index (χ3v) is 22.5. The molecule has 38 nitrogen and oxygen atoms in total. The molecule has 13 amide bonds. The van der Waals surface area contributed by atoms with Gasteiger partial charge >= 0.3 is 48.6 Å². The minimum Gasteiger partial charge on any atom is -0.449 e. The highest BCUT2D eigenvalue weighted by atomic mass is 16.7. The van der Waals surface area contributed by atoms with Crippen LogP contribution in [0.3, 0.4) is 0 Å². The standard InChI is InChI=1S/C41H43N5O10.C37H45N5O7.C22H35N5O5.C2H7N/c1-25(2)37(45-40(50)54-24-35-33-11-5-3-9-31(33)32-10-4-6-12-34(32)35)36(47)22-27(8-7-21-43-39(42)49)38(48)44-28-15-13-26(14-16-28)23-55-41(51)56-30-19-17-29(18-20-30)46(52)53;1-4-39-36(46)48-21-24-15-17-26(18-16-24)41-34(44)25(10-9-19-40-35(38)45)20-32(43)33(23(2)3)42-37(47)49-22-31-29-13-7-5-11-27(29)28-12-6-8-14-30(28)31;1-4-25-22(31)32-13-15-7-9-17(10-8-15)27-20(29)16(6-5-11-26-21(24)30)12-18(28)19(23)14(2)3;1-2-3/h3-6,9-20,25,27,35,37H,7-8,21-24H2,1-2H3,(H,44,48)(H,45,50)(H3,42,43,49);5-8,11-18,23,25,31,33H,4,9-10,19-22H2,1-3H3,(H,39,46)(H,41,44)(H,42,47)(H3,38,40,45);7-10,14,16,19H,4-6,11-13,23H2,1-3H3,(H,25,31)(H,27,29)(H3,24,26,30);2-3H2,1H3/t27-,37+;25-,33+;16-,19+;/m111./s1. The van der Waals surface area contributed by atoms with Crippen LogP contribution >= 0.6 is 0 Å². The lowest BCUT2D eigenvalue weighted by Gasteiger charge is -2.24. The van der Waals surface area contributed by atoms with Gasteiger partial charge in [-0.05, 0) is 186 Å². The smallest absolute Gasteiger partial charge is 0.449 e. The fraction of sp³-hybridized carbons (Fsp3) is 0.392. The number of nitrogens with zero attached hydrogens (tertiary/aromatic N) is 1. The summed E-state index contributed by atoms with van der Waals surface area (Å²) in [6, 6.07) is 52.5. The number of primary amides is 3. The third-order valence-electron chi connectivity index (χ3n) is 22.5. The van der Waals surface area contributed by atoms with Crippen molar-refractivity contribution < 1.29 is 100 Å². The van der Waals surface area contributed by atoms with Crippen molar-refractivity contribution in [3.05, 3.63) is 243 Å². The molecule has 750 valence electrons. The first kappa shape index (κ1) is 112. The lowest BCUT2D eigenvalue weighted by Crippen LogP contribution is -2.46. The zero-order valence-corrected chi connectivity index (χ0v) is 80.3. The number of nitrogens with two attached hydrogens (primary N) is 5. The minimum absolute atomic E-state index is 0.0141. The van der Waals surface area contributed by atoms with Crippen molar-refractivity contribution in [1.82, 2.24) is 37.2 Å². The first-order valence-electron chi connectivity index (χ1n) is 46.5. The Hall–Kier alpha value is -15.3. The molecule has 0 fully saturated rings. The molecule has 0 saturated heterocycles. The van der Waals surface area contributed by atoms with Gasteiger partial charge in [0.25, 0.3) is 5.69 Å². The number of Topliss-reactive ketones (excluding diaryl/α,β-unsaturated/α-hetero) is 3. The Morgan fingerprint density at radius 3 is 0.964 bits per heavy atom. The Kier molecular flexibility index (Phi) is 46.5. The van der Waals surface area contributed by atoms with Crippen molar-refractivity contribution in [2.75, 3.05) is 68.4 Å². The highest BCUT2D eigenvalue weighted by Gasteiger charge is 2.36. The lowest BCUT2D eigenvalue weighted by molar-refractivity contribution is -0.384. The Balaban J connectivity index is 0.000000291. The number of rotatable bonds is 46. The van der Waals surface area contributed by atoms with E-state index in [1.807, 2.05) is 120 Å². The molecule has 20 N–H and O–H groups in total. The van der Waals surface area contributed by atoms with Crippen LogP contribution in [0.15, 0.2) is 194 Å². The maximum absolute atomic E-state index is 13.7. The SMILES string of the molecule is CC(C)[C@H](NC(=O)OCC1c2ccccc2-c2ccccc21)C(=O)C[C@@H](CCCNC(N)=O)C(=O)Nc1ccc(COC(=O)Oc2ccc([N+](=O)[O-])cc2)cc1.CCN.CCNC(=O)OCc1ccc(NC(=O)[C@H](CCCNC(N)=O)CC(=O)[C@@H](N)C(C)C)cc1.CCNC(=O)OCc1ccc(NC(=O)[C@H](CCCNC(N)=O)CC(=O)[C@@H](NC(=O)OCC2c3ccccc3-c3ccccc32)C(C)C)cc1. The van der Waals surface area contributed by atoms with Gasteiger partial charge in [0.15, 0.2) is 17.3 Å². The summed E-state index contributed by atoms with van der Waals surface area (Å²) in [4.78, 5) is 184. The molecular weight excluding hydrogens is 1800 g/mol. The zero-order chi connectivity index (χ0) is 102. The molecule has 8 aromatic rings. The molecule has 0 spiro atoms. The van der Waals surface area contributed by atoms with Crippen LogP contribution in [0, 0.1) is 45.6 Å². The number of ether oxygens (including phenoxy) is 6. The van der Waals surface area contributed by atoms with Gasteiger partial charge in [-0.3, -0.25) is 38.9 Å². The maximum atomic E-state index is 13.7. The van der Waals surface area contributed by atoms with Crippen molar-refractivity contribution in [3.63, 3.8) is 0 Å². The molecular formula is C102H130N16O22. The summed E-state index contributed by atoms with van der Waals surface area (Å²) in [5, 5.41) is 37.3. The van der Waals surface area contributed by atoms with Crippen molar-refractivity contribution in [1.29, 1.82) is 0 Å². The summed E-state index contributed by atoms with van der Waals surface area (Å²) in [7, 11) is 0. The average molecular weight is 1930 g/mol. The van der Waals surface area contributed by atoms with Gasteiger partial charge in [0.1, 0.15) is 38.8 Å². The number of ketones is 3. The van der Waals surface area contributed by atoms with Gasteiger partial charge in [-0.1, -0.05) is 182 Å². The van der Waals surface area contributed by atoms with E-state index >= 15 is 0 Å². The van der Waals surface area contributed by atoms with E-state index in [-0.39, 0.29) is 148 Å². The summed E-state index contributed by atoms with van der Waals surface area (Å²) in [5.74, 6) is -5.00. The van der Waals surface area contributed by atoms with E-state index < -0.39 is 95.3 Å². The number of carbonyl (C=O) groups is 14. The molecule has 0 saturated carbocycles. The third kappa shape index (κ3) is 37.3. The monoisotopic (exact) mass is 1930 g/mol. The number of non-ortho nitro benzene ring substituents is 1. The van der Waals surface area contributed by atoms with Crippen LogP contribution in [0.5, 0.6) is 5.75 Å². The normalized spacial score (nSPS) is 12.6. The van der Waals surface area contributed by atoms with Crippen LogP contribution < -0.4 is 86.6 Å². The molecule has 2 aliphatic rings. The summed E-state index contributed by atoms with van der Waals surface area (Å²) < 4.78 is 31.7. The predicted molar refractivity (Wildman–Crippen MR) is 528 cm³/mol. The number of amides is 13. The second-order valence-corrected chi connectivity index (χ2v) is 34.1. The molecule has 8 aromatic carbocycles. The quantitative estimate of drug-likeness (QED) is 0.00421. The van der Waals surface area contributed by atoms with Gasteiger partial charge in [-0.2, -0.15) is 0 Å². The molecule has 6 atom stereocenters.